The van der Waals surface area contributed by atoms with Gasteiger partial charge in [0.05, 0.1) is 17.6 Å². The largest absolute Gasteiger partial charge is 0.468 e. The minimum atomic E-state index is -4.54. The number of esters is 1. The van der Waals surface area contributed by atoms with Crippen LogP contribution in [0.4, 0.5) is 13.2 Å². The molecule has 1 rings (SSSR count). The number of methoxy groups -OCH3 is 1. The molecule has 5 nitrogen and oxygen atoms in total. The Bertz CT molecular complexity index is 596. The number of hydrogen-bond donors (Lipinski definition) is 0. The summed E-state index contributed by atoms with van der Waals surface area (Å²) in [6.07, 6.45) is -4.54. The van der Waals surface area contributed by atoms with Crippen molar-refractivity contribution in [3.05, 3.63) is 29.8 Å². The van der Waals surface area contributed by atoms with Crippen molar-refractivity contribution in [1.29, 1.82) is 0 Å². The van der Waals surface area contributed by atoms with Gasteiger partial charge < -0.3 is 4.74 Å². The fourth-order valence-corrected chi connectivity index (χ4v) is 2.93. The highest BCUT2D eigenvalue weighted by Crippen LogP contribution is 2.30. The highest BCUT2D eigenvalue weighted by Gasteiger charge is 2.31. The number of carbonyl (C=O) groups excluding carboxylic acids is 1. The van der Waals surface area contributed by atoms with Gasteiger partial charge in [0.25, 0.3) is 0 Å². The number of nitrogens with zero attached hydrogens (tertiary/aromatic N) is 1. The Morgan fingerprint density at radius 1 is 1.24 bits per heavy atom. The van der Waals surface area contributed by atoms with Crippen LogP contribution in [0.5, 0.6) is 0 Å². The van der Waals surface area contributed by atoms with E-state index in [2.05, 4.69) is 4.74 Å². The highest BCUT2D eigenvalue weighted by atomic mass is 32.2. The molecule has 118 valence electrons. The van der Waals surface area contributed by atoms with E-state index in [9.17, 15) is 26.4 Å². The summed E-state index contributed by atoms with van der Waals surface area (Å²) in [6.45, 7) is 0.986. The Labute approximate surface area is 120 Å². The van der Waals surface area contributed by atoms with E-state index < -0.39 is 34.3 Å². The second-order valence-corrected chi connectivity index (χ2v) is 5.97. The third-order valence-electron chi connectivity index (χ3n) is 2.71. The third kappa shape index (κ3) is 4.18. The van der Waals surface area contributed by atoms with Crippen LogP contribution in [0.1, 0.15) is 12.5 Å². The molecule has 9 heteroatoms. The molecule has 0 aliphatic carbocycles. The number of carbonyl (C=O) groups is 1. The molecule has 0 atom stereocenters. The standard InChI is InChI=1S/C12H14F3NO4S/c1-3-16(8-11(17)20-2)21(18,19)10-6-4-9(5-7-10)12(13,14)15/h4-7H,3,8H2,1-2H3. The normalized spacial score (nSPS) is 12.5. The lowest BCUT2D eigenvalue weighted by molar-refractivity contribution is -0.140. The highest BCUT2D eigenvalue weighted by molar-refractivity contribution is 7.89. The Hall–Kier alpha value is -1.61. The van der Waals surface area contributed by atoms with Crippen LogP contribution in [0.25, 0.3) is 0 Å². The monoisotopic (exact) mass is 325 g/mol. The van der Waals surface area contributed by atoms with Gasteiger partial charge in [-0.25, -0.2) is 8.42 Å². The van der Waals surface area contributed by atoms with Crippen LogP contribution in [-0.4, -0.2) is 38.9 Å². The van der Waals surface area contributed by atoms with Gasteiger partial charge in [-0.3, -0.25) is 4.79 Å². The molecule has 0 aliphatic rings. The molecule has 0 saturated carbocycles. The molecule has 0 aliphatic heterocycles. The molecule has 0 aromatic heterocycles. The minimum Gasteiger partial charge on any atom is -0.468 e. The molecule has 0 amide bonds. The van der Waals surface area contributed by atoms with Crippen molar-refractivity contribution in [2.75, 3.05) is 20.2 Å². The molecule has 1 aromatic carbocycles. The zero-order chi connectivity index (χ0) is 16.3. The number of halogens is 3. The van der Waals surface area contributed by atoms with Crippen LogP contribution < -0.4 is 0 Å². The molecule has 21 heavy (non-hydrogen) atoms. The number of alkyl halides is 3. The van der Waals surface area contributed by atoms with Crippen molar-refractivity contribution in [2.24, 2.45) is 0 Å². The van der Waals surface area contributed by atoms with Crippen molar-refractivity contribution >= 4 is 16.0 Å². The lowest BCUT2D eigenvalue weighted by atomic mass is 10.2. The molecule has 0 N–H and O–H groups in total. The third-order valence-corrected chi connectivity index (χ3v) is 4.64. The number of rotatable bonds is 5. The van der Waals surface area contributed by atoms with Crippen LogP contribution >= 0.6 is 0 Å². The van der Waals surface area contributed by atoms with Crippen LogP contribution in [0.3, 0.4) is 0 Å². The molecule has 0 fully saturated rings. The predicted octanol–water partition coefficient (Wildman–Crippen LogP) is 1.89. The average molecular weight is 325 g/mol. The lowest BCUT2D eigenvalue weighted by Gasteiger charge is -2.19. The summed E-state index contributed by atoms with van der Waals surface area (Å²) in [5.74, 6) is -0.757. The fourth-order valence-electron chi connectivity index (χ4n) is 1.54. The van der Waals surface area contributed by atoms with E-state index in [1.165, 1.54) is 6.92 Å². The molecule has 0 saturated heterocycles. The van der Waals surface area contributed by atoms with Crippen molar-refractivity contribution in [3.8, 4) is 0 Å². The van der Waals surface area contributed by atoms with Gasteiger partial charge in [0, 0.05) is 6.54 Å². The van der Waals surface area contributed by atoms with Crippen molar-refractivity contribution in [3.63, 3.8) is 0 Å². The summed E-state index contributed by atoms with van der Waals surface area (Å²) >= 11 is 0. The maximum atomic E-state index is 12.4. The summed E-state index contributed by atoms with van der Waals surface area (Å²) in [7, 11) is -2.94. The zero-order valence-corrected chi connectivity index (χ0v) is 12.2. The second kappa shape index (κ2) is 6.44. The minimum absolute atomic E-state index is 0.0154. The van der Waals surface area contributed by atoms with E-state index in [0.29, 0.717) is 12.1 Å². The van der Waals surface area contributed by atoms with E-state index in [-0.39, 0.29) is 11.4 Å². The van der Waals surface area contributed by atoms with Crippen LogP contribution in [0.15, 0.2) is 29.2 Å². The molecular weight excluding hydrogens is 311 g/mol. The summed E-state index contributed by atoms with van der Waals surface area (Å²) in [6, 6.07) is 3.08. The summed E-state index contributed by atoms with van der Waals surface area (Å²) in [5, 5.41) is 0. The van der Waals surface area contributed by atoms with Crippen molar-refractivity contribution in [1.82, 2.24) is 4.31 Å². The van der Waals surface area contributed by atoms with E-state index in [0.717, 1.165) is 23.5 Å². The zero-order valence-electron chi connectivity index (χ0n) is 11.3. The molecule has 0 radical (unpaired) electrons. The molecule has 0 unspecified atom stereocenters. The van der Waals surface area contributed by atoms with Crippen LogP contribution in [-0.2, 0) is 25.7 Å². The van der Waals surface area contributed by atoms with E-state index >= 15 is 0 Å². The van der Waals surface area contributed by atoms with Gasteiger partial charge in [0.15, 0.2) is 0 Å². The van der Waals surface area contributed by atoms with Crippen molar-refractivity contribution < 1.29 is 31.1 Å². The Morgan fingerprint density at radius 2 is 1.76 bits per heavy atom. The average Bonchev–Trinajstić information content (AvgIpc) is 2.43. The lowest BCUT2D eigenvalue weighted by Crippen LogP contribution is -2.36. The summed E-state index contributed by atoms with van der Waals surface area (Å²) in [4.78, 5) is 10.8. The fraction of sp³-hybridized carbons (Fsp3) is 0.417. The van der Waals surface area contributed by atoms with Gasteiger partial charge in [0.1, 0.15) is 6.54 Å². The van der Waals surface area contributed by atoms with Gasteiger partial charge in [-0.1, -0.05) is 6.92 Å². The van der Waals surface area contributed by atoms with Crippen molar-refractivity contribution in [2.45, 2.75) is 18.0 Å². The molecule has 0 heterocycles. The van der Waals surface area contributed by atoms with E-state index in [1.807, 2.05) is 0 Å². The second-order valence-electron chi connectivity index (χ2n) is 4.03. The first kappa shape index (κ1) is 17.4. The predicted molar refractivity (Wildman–Crippen MR) is 67.9 cm³/mol. The van der Waals surface area contributed by atoms with Gasteiger partial charge in [0.2, 0.25) is 10.0 Å². The maximum absolute atomic E-state index is 12.4. The van der Waals surface area contributed by atoms with E-state index in [4.69, 9.17) is 0 Å². The first-order valence-corrected chi connectivity index (χ1v) is 7.31. The number of ether oxygens (including phenoxy) is 1. The smallest absolute Gasteiger partial charge is 0.416 e. The molecular formula is C12H14F3NO4S. The van der Waals surface area contributed by atoms with Gasteiger partial charge in [-0.15, -0.1) is 0 Å². The number of likely N-dealkylation sites (N-methyl/N-ethyl adjacent to an activating group) is 1. The van der Waals surface area contributed by atoms with E-state index in [1.54, 1.807) is 0 Å². The Kier molecular flexibility index (Phi) is 5.35. The summed E-state index contributed by atoms with van der Waals surface area (Å²) < 4.78 is 66.9. The van der Waals surface area contributed by atoms with Crippen LogP contribution in [0.2, 0.25) is 0 Å². The van der Waals surface area contributed by atoms with Gasteiger partial charge >= 0.3 is 12.1 Å². The number of hydrogen-bond acceptors (Lipinski definition) is 4. The Morgan fingerprint density at radius 3 is 2.14 bits per heavy atom. The van der Waals surface area contributed by atoms with Crippen LogP contribution in [0, 0.1) is 0 Å². The molecule has 0 spiro atoms. The molecule has 1 aromatic rings. The molecule has 0 bridgehead atoms. The Balaban J connectivity index is 3.09. The SMILES string of the molecule is CCN(CC(=O)OC)S(=O)(=O)c1ccc(C(F)(F)F)cc1. The number of benzene rings is 1. The topological polar surface area (TPSA) is 63.7 Å². The number of sulfonamides is 1. The summed E-state index contributed by atoms with van der Waals surface area (Å²) in [5.41, 5.74) is -0.947. The first-order chi connectivity index (χ1) is 9.62. The first-order valence-electron chi connectivity index (χ1n) is 5.87. The van der Waals surface area contributed by atoms with Gasteiger partial charge in [-0.2, -0.15) is 17.5 Å². The van der Waals surface area contributed by atoms with Gasteiger partial charge in [-0.05, 0) is 24.3 Å². The maximum Gasteiger partial charge on any atom is 0.416 e. The quantitative estimate of drug-likeness (QED) is 0.776.